The van der Waals surface area contributed by atoms with Gasteiger partial charge in [-0.3, -0.25) is 4.98 Å². The summed E-state index contributed by atoms with van der Waals surface area (Å²) in [7, 11) is 5.74. The van der Waals surface area contributed by atoms with Crippen molar-refractivity contribution in [3.8, 4) is 5.75 Å². The van der Waals surface area contributed by atoms with Gasteiger partial charge in [-0.05, 0) is 48.5 Å². The van der Waals surface area contributed by atoms with Crippen molar-refractivity contribution in [1.82, 2.24) is 4.98 Å². The van der Waals surface area contributed by atoms with E-state index >= 15 is 0 Å². The zero-order valence-electron chi connectivity index (χ0n) is 13.0. The van der Waals surface area contributed by atoms with Gasteiger partial charge in [0.1, 0.15) is 5.75 Å². The number of hydrogen-bond acceptors (Lipinski definition) is 4. The van der Waals surface area contributed by atoms with Crippen LogP contribution in [-0.4, -0.2) is 26.2 Å². The molecule has 4 nitrogen and oxygen atoms in total. The molecule has 0 atom stereocenters. The van der Waals surface area contributed by atoms with Gasteiger partial charge in [0, 0.05) is 42.7 Å². The lowest BCUT2D eigenvalue weighted by Gasteiger charge is -2.14. The maximum atomic E-state index is 5.31. The number of aromatic nitrogens is 1. The van der Waals surface area contributed by atoms with Crippen molar-refractivity contribution in [2.45, 2.75) is 0 Å². The monoisotopic (exact) mass is 293 g/mol. The molecule has 0 aliphatic carbocycles. The second-order valence-corrected chi connectivity index (χ2v) is 5.31. The van der Waals surface area contributed by atoms with Crippen molar-refractivity contribution in [3.05, 3.63) is 54.7 Å². The highest BCUT2D eigenvalue weighted by atomic mass is 16.5. The Morgan fingerprint density at radius 1 is 1.00 bits per heavy atom. The number of benzene rings is 2. The van der Waals surface area contributed by atoms with E-state index in [9.17, 15) is 0 Å². The minimum atomic E-state index is 0.825. The molecule has 1 heterocycles. The van der Waals surface area contributed by atoms with Crippen LogP contribution in [0.1, 0.15) is 0 Å². The first-order valence-electron chi connectivity index (χ1n) is 7.14. The fourth-order valence-electron chi connectivity index (χ4n) is 2.36. The van der Waals surface area contributed by atoms with Crippen LogP contribution in [0.2, 0.25) is 0 Å². The van der Waals surface area contributed by atoms with Gasteiger partial charge >= 0.3 is 0 Å². The van der Waals surface area contributed by atoms with Gasteiger partial charge in [0.2, 0.25) is 0 Å². The third kappa shape index (κ3) is 2.81. The van der Waals surface area contributed by atoms with Crippen molar-refractivity contribution >= 4 is 28.0 Å². The first kappa shape index (κ1) is 14.2. The first-order chi connectivity index (χ1) is 10.7. The van der Waals surface area contributed by atoms with Gasteiger partial charge in [-0.25, -0.2) is 0 Å². The van der Waals surface area contributed by atoms with E-state index in [1.807, 2.05) is 44.6 Å². The number of nitrogens with one attached hydrogen (secondary N) is 1. The molecule has 0 saturated heterocycles. The molecular formula is C18H19N3O. The lowest BCUT2D eigenvalue weighted by Crippen LogP contribution is -2.08. The van der Waals surface area contributed by atoms with Crippen LogP contribution >= 0.6 is 0 Å². The zero-order valence-corrected chi connectivity index (χ0v) is 13.0. The molecule has 3 rings (SSSR count). The molecule has 0 saturated carbocycles. The standard InChI is InChI=1S/C18H19N3O/c1-21(2)14-6-4-13(5-7-14)20-18-10-11-19-17-9-8-15(22-3)12-16(17)18/h4-12H,1-3H3,(H,19,20). The maximum Gasteiger partial charge on any atom is 0.119 e. The number of anilines is 3. The average molecular weight is 293 g/mol. The molecule has 0 unspecified atom stereocenters. The maximum absolute atomic E-state index is 5.31. The van der Waals surface area contributed by atoms with E-state index < -0.39 is 0 Å². The second kappa shape index (κ2) is 5.93. The fraction of sp³-hybridized carbons (Fsp3) is 0.167. The summed E-state index contributed by atoms with van der Waals surface area (Å²) in [6.45, 7) is 0. The Kier molecular flexibility index (Phi) is 3.83. The van der Waals surface area contributed by atoms with Gasteiger partial charge in [-0.15, -0.1) is 0 Å². The predicted octanol–water partition coefficient (Wildman–Crippen LogP) is 4.05. The summed E-state index contributed by atoms with van der Waals surface area (Å²) in [4.78, 5) is 6.47. The van der Waals surface area contributed by atoms with E-state index in [1.54, 1.807) is 7.11 Å². The molecule has 0 amide bonds. The number of rotatable bonds is 4. The van der Waals surface area contributed by atoms with Crippen LogP contribution in [0, 0.1) is 0 Å². The molecule has 1 aromatic heterocycles. The average Bonchev–Trinajstić information content (AvgIpc) is 2.55. The number of hydrogen-bond donors (Lipinski definition) is 1. The molecule has 0 spiro atoms. The SMILES string of the molecule is COc1ccc2nccc(Nc3ccc(N(C)C)cc3)c2c1. The lowest BCUT2D eigenvalue weighted by molar-refractivity contribution is 0.415. The summed E-state index contributed by atoms with van der Waals surface area (Å²) < 4.78 is 5.31. The second-order valence-electron chi connectivity index (χ2n) is 5.31. The van der Waals surface area contributed by atoms with Crippen LogP contribution in [0.4, 0.5) is 17.1 Å². The zero-order chi connectivity index (χ0) is 15.5. The Morgan fingerprint density at radius 2 is 1.77 bits per heavy atom. The molecule has 112 valence electrons. The summed E-state index contributed by atoms with van der Waals surface area (Å²) in [6.07, 6.45) is 1.81. The molecule has 3 aromatic rings. The summed E-state index contributed by atoms with van der Waals surface area (Å²) >= 11 is 0. The van der Waals surface area contributed by atoms with Crippen LogP contribution in [0.5, 0.6) is 5.75 Å². The van der Waals surface area contributed by atoms with Crippen LogP contribution in [0.25, 0.3) is 10.9 Å². The van der Waals surface area contributed by atoms with Crippen molar-refractivity contribution in [1.29, 1.82) is 0 Å². The van der Waals surface area contributed by atoms with E-state index in [0.29, 0.717) is 0 Å². The highest BCUT2D eigenvalue weighted by Gasteiger charge is 2.04. The number of nitrogens with zero attached hydrogens (tertiary/aromatic N) is 2. The van der Waals surface area contributed by atoms with E-state index in [0.717, 1.165) is 28.0 Å². The molecule has 0 radical (unpaired) electrons. The highest BCUT2D eigenvalue weighted by Crippen LogP contribution is 2.28. The van der Waals surface area contributed by atoms with Crippen molar-refractivity contribution in [2.24, 2.45) is 0 Å². The van der Waals surface area contributed by atoms with Gasteiger partial charge in [0.15, 0.2) is 0 Å². The third-order valence-electron chi connectivity index (χ3n) is 3.61. The van der Waals surface area contributed by atoms with E-state index in [1.165, 1.54) is 5.69 Å². The number of ether oxygens (including phenoxy) is 1. The summed E-state index contributed by atoms with van der Waals surface area (Å²) in [5.41, 5.74) is 4.17. The predicted molar refractivity (Wildman–Crippen MR) is 92.3 cm³/mol. The molecular weight excluding hydrogens is 274 g/mol. The van der Waals surface area contributed by atoms with Crippen LogP contribution in [0.15, 0.2) is 54.7 Å². The highest BCUT2D eigenvalue weighted by molar-refractivity contribution is 5.93. The molecule has 2 aromatic carbocycles. The molecule has 0 aliphatic rings. The molecule has 0 fully saturated rings. The van der Waals surface area contributed by atoms with E-state index in [4.69, 9.17) is 4.74 Å². The number of pyridine rings is 1. The van der Waals surface area contributed by atoms with Crippen LogP contribution in [0.3, 0.4) is 0 Å². The largest absolute Gasteiger partial charge is 0.497 e. The number of methoxy groups -OCH3 is 1. The Labute approximate surface area is 130 Å². The lowest BCUT2D eigenvalue weighted by atomic mass is 10.1. The molecule has 0 bridgehead atoms. The third-order valence-corrected chi connectivity index (χ3v) is 3.61. The Bertz CT molecular complexity index is 782. The van der Waals surface area contributed by atoms with Crippen molar-refractivity contribution in [2.75, 3.05) is 31.4 Å². The first-order valence-corrected chi connectivity index (χ1v) is 7.14. The van der Waals surface area contributed by atoms with Gasteiger partial charge in [-0.1, -0.05) is 0 Å². The minimum Gasteiger partial charge on any atom is -0.497 e. The summed E-state index contributed by atoms with van der Waals surface area (Å²) in [6, 6.07) is 16.2. The van der Waals surface area contributed by atoms with Crippen molar-refractivity contribution in [3.63, 3.8) is 0 Å². The van der Waals surface area contributed by atoms with E-state index in [-0.39, 0.29) is 0 Å². The fourth-order valence-corrected chi connectivity index (χ4v) is 2.36. The Hall–Kier alpha value is -2.75. The van der Waals surface area contributed by atoms with Gasteiger partial charge < -0.3 is 15.0 Å². The molecule has 22 heavy (non-hydrogen) atoms. The van der Waals surface area contributed by atoms with E-state index in [2.05, 4.69) is 39.5 Å². The topological polar surface area (TPSA) is 37.4 Å². The summed E-state index contributed by atoms with van der Waals surface area (Å²) in [5, 5.41) is 4.49. The smallest absolute Gasteiger partial charge is 0.119 e. The van der Waals surface area contributed by atoms with Crippen LogP contribution < -0.4 is 15.0 Å². The Morgan fingerprint density at radius 3 is 2.45 bits per heavy atom. The normalized spacial score (nSPS) is 10.5. The minimum absolute atomic E-state index is 0.825. The van der Waals surface area contributed by atoms with Gasteiger partial charge in [-0.2, -0.15) is 0 Å². The van der Waals surface area contributed by atoms with Crippen molar-refractivity contribution < 1.29 is 4.74 Å². The molecule has 0 aliphatic heterocycles. The summed E-state index contributed by atoms with van der Waals surface area (Å²) in [5.74, 6) is 0.825. The quantitative estimate of drug-likeness (QED) is 0.787. The van der Waals surface area contributed by atoms with Crippen LogP contribution in [-0.2, 0) is 0 Å². The number of fused-ring (bicyclic) bond motifs is 1. The van der Waals surface area contributed by atoms with Gasteiger partial charge in [0.25, 0.3) is 0 Å². The Balaban J connectivity index is 1.96. The van der Waals surface area contributed by atoms with Gasteiger partial charge in [0.05, 0.1) is 12.6 Å². The molecule has 4 heteroatoms. The molecule has 1 N–H and O–H groups in total.